The fourth-order valence-corrected chi connectivity index (χ4v) is 2.87. The highest BCUT2D eigenvalue weighted by Gasteiger charge is 2.20. The monoisotopic (exact) mass is 362 g/mol. The number of halogens is 1. The maximum absolute atomic E-state index is 5.86. The number of piperazine rings is 1. The van der Waals surface area contributed by atoms with Crippen molar-refractivity contribution in [2.45, 2.75) is 6.92 Å². The van der Waals surface area contributed by atoms with Crippen LogP contribution in [0.3, 0.4) is 0 Å². The van der Waals surface area contributed by atoms with Crippen LogP contribution in [-0.2, 0) is 0 Å². The Kier molecular flexibility index (Phi) is 6.30. The second kappa shape index (κ2) is 8.87. The molecule has 2 aromatic rings. The van der Waals surface area contributed by atoms with Crippen molar-refractivity contribution < 1.29 is 9.47 Å². The van der Waals surface area contributed by atoms with Crippen molar-refractivity contribution in [3.05, 3.63) is 41.7 Å². The molecule has 6 nitrogen and oxygen atoms in total. The third-order valence-electron chi connectivity index (χ3n) is 4.17. The van der Waals surface area contributed by atoms with Crippen molar-refractivity contribution in [2.75, 3.05) is 50.8 Å². The van der Waals surface area contributed by atoms with E-state index in [0.717, 1.165) is 44.3 Å². The van der Waals surface area contributed by atoms with Crippen LogP contribution in [0.4, 0.5) is 5.82 Å². The Bertz CT molecular complexity index is 660. The van der Waals surface area contributed by atoms with Gasteiger partial charge in [0, 0.05) is 43.6 Å². The fraction of sp³-hybridized carbons (Fsp3) is 0.444. The van der Waals surface area contributed by atoms with Gasteiger partial charge in [-0.05, 0) is 30.8 Å². The topological polar surface area (TPSA) is 50.7 Å². The van der Waals surface area contributed by atoms with Crippen LogP contribution in [0.25, 0.3) is 0 Å². The lowest BCUT2D eigenvalue weighted by atomic mass is 10.3. The summed E-state index contributed by atoms with van der Waals surface area (Å²) in [7, 11) is 0. The van der Waals surface area contributed by atoms with Crippen molar-refractivity contribution in [3.8, 4) is 11.6 Å². The van der Waals surface area contributed by atoms with E-state index in [1.54, 1.807) is 24.5 Å². The first-order valence-corrected chi connectivity index (χ1v) is 8.93. The van der Waals surface area contributed by atoms with Crippen LogP contribution >= 0.6 is 11.6 Å². The first-order chi connectivity index (χ1) is 12.3. The highest BCUT2D eigenvalue weighted by Crippen LogP contribution is 2.23. The van der Waals surface area contributed by atoms with Gasteiger partial charge in [0.2, 0.25) is 0 Å². The normalized spacial score (nSPS) is 15.2. The molecule has 1 aromatic carbocycles. The van der Waals surface area contributed by atoms with E-state index in [9.17, 15) is 0 Å². The van der Waals surface area contributed by atoms with Gasteiger partial charge in [-0.25, -0.2) is 9.97 Å². The highest BCUT2D eigenvalue weighted by molar-refractivity contribution is 6.30. The summed E-state index contributed by atoms with van der Waals surface area (Å²) in [4.78, 5) is 13.5. The van der Waals surface area contributed by atoms with Gasteiger partial charge < -0.3 is 19.3 Å². The SMILES string of the molecule is CCN1CCN(c2nccnc2OCCOc2ccc(Cl)cc2)CC1. The number of hydrogen-bond acceptors (Lipinski definition) is 6. The molecule has 0 aliphatic carbocycles. The third-order valence-corrected chi connectivity index (χ3v) is 4.42. The number of aromatic nitrogens is 2. The number of ether oxygens (including phenoxy) is 2. The molecule has 3 rings (SSSR count). The first-order valence-electron chi connectivity index (χ1n) is 8.55. The molecule has 2 heterocycles. The van der Waals surface area contributed by atoms with Gasteiger partial charge in [-0.2, -0.15) is 0 Å². The molecule has 0 unspecified atom stereocenters. The lowest BCUT2D eigenvalue weighted by Gasteiger charge is -2.34. The molecule has 0 atom stereocenters. The van der Waals surface area contributed by atoms with Gasteiger partial charge in [-0.3, -0.25) is 0 Å². The summed E-state index contributed by atoms with van der Waals surface area (Å²) in [6.07, 6.45) is 3.36. The summed E-state index contributed by atoms with van der Waals surface area (Å²) >= 11 is 5.86. The molecule has 7 heteroatoms. The van der Waals surface area contributed by atoms with Gasteiger partial charge in [0.15, 0.2) is 5.82 Å². The van der Waals surface area contributed by atoms with Gasteiger partial charge >= 0.3 is 0 Å². The molecule has 0 radical (unpaired) electrons. The number of anilines is 1. The molecule has 0 N–H and O–H groups in total. The zero-order valence-electron chi connectivity index (χ0n) is 14.4. The second-order valence-corrected chi connectivity index (χ2v) is 6.19. The molecule has 0 saturated carbocycles. The van der Waals surface area contributed by atoms with Crippen LogP contribution in [0.5, 0.6) is 11.6 Å². The number of benzene rings is 1. The van der Waals surface area contributed by atoms with E-state index in [2.05, 4.69) is 26.7 Å². The maximum atomic E-state index is 5.86. The molecule has 1 aliphatic rings. The average molecular weight is 363 g/mol. The molecular formula is C18H23ClN4O2. The molecule has 25 heavy (non-hydrogen) atoms. The Labute approximate surface area is 153 Å². The summed E-state index contributed by atoms with van der Waals surface area (Å²) in [5.41, 5.74) is 0. The minimum atomic E-state index is 0.406. The number of hydrogen-bond donors (Lipinski definition) is 0. The van der Waals surface area contributed by atoms with Crippen LogP contribution in [0.2, 0.25) is 5.02 Å². The van der Waals surface area contributed by atoms with Gasteiger partial charge in [0.1, 0.15) is 19.0 Å². The quantitative estimate of drug-likeness (QED) is 0.706. The van der Waals surface area contributed by atoms with E-state index in [1.165, 1.54) is 0 Å². The third kappa shape index (κ3) is 4.96. The Morgan fingerprint density at radius 1 is 0.960 bits per heavy atom. The Hall–Kier alpha value is -2.05. The Morgan fingerprint density at radius 2 is 1.64 bits per heavy atom. The van der Waals surface area contributed by atoms with E-state index in [-0.39, 0.29) is 0 Å². The van der Waals surface area contributed by atoms with Crippen molar-refractivity contribution in [1.82, 2.24) is 14.9 Å². The molecule has 1 saturated heterocycles. The van der Waals surface area contributed by atoms with E-state index < -0.39 is 0 Å². The van der Waals surface area contributed by atoms with Crippen molar-refractivity contribution in [3.63, 3.8) is 0 Å². The van der Waals surface area contributed by atoms with Crippen LogP contribution in [-0.4, -0.2) is 60.8 Å². The summed E-state index contributed by atoms with van der Waals surface area (Å²) in [6, 6.07) is 7.27. The number of likely N-dealkylation sites (N-methyl/N-ethyl adjacent to an activating group) is 1. The van der Waals surface area contributed by atoms with E-state index in [1.807, 2.05) is 12.1 Å². The average Bonchev–Trinajstić information content (AvgIpc) is 2.67. The lowest BCUT2D eigenvalue weighted by Crippen LogP contribution is -2.46. The largest absolute Gasteiger partial charge is 0.490 e. The Morgan fingerprint density at radius 3 is 2.36 bits per heavy atom. The second-order valence-electron chi connectivity index (χ2n) is 5.76. The molecular weight excluding hydrogens is 340 g/mol. The van der Waals surface area contributed by atoms with Crippen LogP contribution in [0, 0.1) is 0 Å². The maximum Gasteiger partial charge on any atom is 0.257 e. The fourth-order valence-electron chi connectivity index (χ4n) is 2.74. The molecule has 0 amide bonds. The molecule has 1 aromatic heterocycles. The minimum Gasteiger partial charge on any atom is -0.490 e. The van der Waals surface area contributed by atoms with Gasteiger partial charge in [-0.15, -0.1) is 0 Å². The highest BCUT2D eigenvalue weighted by atomic mass is 35.5. The van der Waals surface area contributed by atoms with E-state index in [0.29, 0.717) is 24.1 Å². The summed E-state index contributed by atoms with van der Waals surface area (Å²) in [5.74, 6) is 2.14. The number of rotatable bonds is 7. The predicted octanol–water partition coefficient (Wildman–Crippen LogP) is 2.73. The molecule has 0 spiro atoms. The summed E-state index contributed by atoms with van der Waals surface area (Å²) in [5, 5.41) is 0.691. The van der Waals surface area contributed by atoms with Gasteiger partial charge in [0.25, 0.3) is 5.88 Å². The molecule has 1 fully saturated rings. The van der Waals surface area contributed by atoms with E-state index >= 15 is 0 Å². The lowest BCUT2D eigenvalue weighted by molar-refractivity contribution is 0.210. The van der Waals surface area contributed by atoms with Crippen LogP contribution < -0.4 is 14.4 Å². The molecule has 0 bridgehead atoms. The Balaban J connectivity index is 1.52. The zero-order chi connectivity index (χ0) is 17.5. The summed E-state index contributed by atoms with van der Waals surface area (Å²) in [6.45, 7) is 8.05. The van der Waals surface area contributed by atoms with Crippen molar-refractivity contribution in [1.29, 1.82) is 0 Å². The van der Waals surface area contributed by atoms with Gasteiger partial charge in [-0.1, -0.05) is 18.5 Å². The smallest absolute Gasteiger partial charge is 0.257 e. The molecule has 134 valence electrons. The zero-order valence-corrected chi connectivity index (χ0v) is 15.2. The standard InChI is InChI=1S/C18H23ClN4O2/c1-2-22-9-11-23(12-10-22)17-18(21-8-7-20-17)25-14-13-24-16-5-3-15(19)4-6-16/h3-8H,2,9-14H2,1H3. The van der Waals surface area contributed by atoms with Crippen molar-refractivity contribution in [2.24, 2.45) is 0 Å². The van der Waals surface area contributed by atoms with Crippen molar-refractivity contribution >= 4 is 17.4 Å². The molecule has 1 aliphatic heterocycles. The van der Waals surface area contributed by atoms with Crippen LogP contribution in [0.15, 0.2) is 36.7 Å². The minimum absolute atomic E-state index is 0.406. The first kappa shape index (κ1) is 17.8. The number of nitrogens with zero attached hydrogens (tertiary/aromatic N) is 4. The van der Waals surface area contributed by atoms with E-state index in [4.69, 9.17) is 21.1 Å². The predicted molar refractivity (Wildman–Crippen MR) is 98.8 cm³/mol. The summed E-state index contributed by atoms with van der Waals surface area (Å²) < 4.78 is 11.5. The van der Waals surface area contributed by atoms with Gasteiger partial charge in [0.05, 0.1) is 0 Å². The van der Waals surface area contributed by atoms with Crippen LogP contribution in [0.1, 0.15) is 6.92 Å².